The van der Waals surface area contributed by atoms with Crippen LogP contribution in [0.15, 0.2) is 18.2 Å². The van der Waals surface area contributed by atoms with Crippen molar-refractivity contribution in [2.24, 2.45) is 17.8 Å². The number of nitrogens with zero attached hydrogens (tertiary/aromatic N) is 2. The number of hydrogen-bond donors (Lipinski definition) is 0. The van der Waals surface area contributed by atoms with Crippen molar-refractivity contribution < 1.29 is 9.47 Å². The Morgan fingerprint density at radius 3 is 2.64 bits per heavy atom. The van der Waals surface area contributed by atoms with Crippen LogP contribution in [0.4, 0.5) is 0 Å². The van der Waals surface area contributed by atoms with Gasteiger partial charge in [0.1, 0.15) is 11.4 Å². The molecule has 2 fully saturated rings. The summed E-state index contributed by atoms with van der Waals surface area (Å²) in [5, 5.41) is 0. The summed E-state index contributed by atoms with van der Waals surface area (Å²) in [6.07, 6.45) is 10.7. The maximum Gasteiger partial charge on any atom is 0.235 e. The van der Waals surface area contributed by atoms with Gasteiger partial charge in [-0.2, -0.15) is 0 Å². The topological polar surface area (TPSA) is 44.2 Å². The van der Waals surface area contributed by atoms with Crippen molar-refractivity contribution in [2.45, 2.75) is 51.4 Å². The lowest BCUT2D eigenvalue weighted by atomic mass is 9.96. The van der Waals surface area contributed by atoms with Gasteiger partial charge in [-0.25, -0.2) is 9.97 Å². The predicted molar refractivity (Wildman–Crippen MR) is 99.1 cm³/mol. The molecule has 3 atom stereocenters. The molecule has 4 nitrogen and oxygen atoms in total. The molecule has 0 spiro atoms. The van der Waals surface area contributed by atoms with Crippen LogP contribution < -0.4 is 9.47 Å². The number of methoxy groups -OCH3 is 2. The van der Waals surface area contributed by atoms with Gasteiger partial charge in [0, 0.05) is 6.07 Å². The van der Waals surface area contributed by atoms with Crippen molar-refractivity contribution in [2.75, 3.05) is 14.2 Å². The van der Waals surface area contributed by atoms with Gasteiger partial charge < -0.3 is 9.47 Å². The zero-order chi connectivity index (χ0) is 17.2. The fourth-order valence-corrected chi connectivity index (χ4v) is 4.56. The molecule has 25 heavy (non-hydrogen) atoms. The lowest BCUT2D eigenvalue weighted by Crippen LogP contribution is -2.01. The number of ether oxygens (including phenoxy) is 2. The average molecular weight is 340 g/mol. The van der Waals surface area contributed by atoms with E-state index in [4.69, 9.17) is 14.5 Å². The molecule has 0 radical (unpaired) electrons. The zero-order valence-corrected chi connectivity index (χ0v) is 15.3. The fraction of sp³-hybridized carbons (Fsp3) is 0.619. The molecule has 1 aromatic heterocycles. The molecule has 134 valence electrons. The minimum absolute atomic E-state index is 0.650. The number of aryl methyl sites for hydroxylation is 1. The van der Waals surface area contributed by atoms with Gasteiger partial charge in [-0.1, -0.05) is 19.3 Å². The first-order valence-electron chi connectivity index (χ1n) is 9.67. The second kappa shape index (κ2) is 7.19. The van der Waals surface area contributed by atoms with Gasteiger partial charge in [0.25, 0.3) is 0 Å². The Morgan fingerprint density at radius 1 is 1.00 bits per heavy atom. The van der Waals surface area contributed by atoms with Crippen LogP contribution in [0.25, 0.3) is 11.0 Å². The second-order valence-corrected chi connectivity index (χ2v) is 7.63. The Balaban J connectivity index is 1.33. The van der Waals surface area contributed by atoms with Crippen molar-refractivity contribution in [3.63, 3.8) is 0 Å². The van der Waals surface area contributed by atoms with Crippen molar-refractivity contribution >= 4 is 11.0 Å². The van der Waals surface area contributed by atoms with E-state index in [1.54, 1.807) is 14.2 Å². The quantitative estimate of drug-likeness (QED) is 0.648. The number of hydrogen-bond acceptors (Lipinski definition) is 4. The lowest BCUT2D eigenvalue weighted by molar-refractivity contribution is 0.388. The molecule has 4 rings (SSSR count). The third-order valence-electron chi connectivity index (χ3n) is 6.08. The van der Waals surface area contributed by atoms with Crippen LogP contribution in [-0.2, 0) is 6.42 Å². The molecule has 0 bridgehead atoms. The van der Waals surface area contributed by atoms with Crippen LogP contribution in [0.1, 0.15) is 50.6 Å². The highest BCUT2D eigenvalue weighted by Gasteiger charge is 2.47. The van der Waals surface area contributed by atoms with Crippen LogP contribution in [0, 0.1) is 17.8 Å². The maximum atomic E-state index is 5.47. The van der Waals surface area contributed by atoms with Crippen LogP contribution in [0.5, 0.6) is 11.6 Å². The monoisotopic (exact) mass is 340 g/mol. The van der Waals surface area contributed by atoms with Gasteiger partial charge in [-0.05, 0) is 62.0 Å². The molecule has 2 aliphatic carbocycles. The van der Waals surface area contributed by atoms with E-state index in [2.05, 4.69) is 4.98 Å². The van der Waals surface area contributed by atoms with Crippen molar-refractivity contribution in [1.82, 2.24) is 9.97 Å². The molecule has 1 heterocycles. The number of rotatable bonds is 8. The molecule has 2 saturated carbocycles. The van der Waals surface area contributed by atoms with Crippen LogP contribution >= 0.6 is 0 Å². The summed E-state index contributed by atoms with van der Waals surface area (Å²) in [7, 11) is 3.33. The van der Waals surface area contributed by atoms with E-state index in [0.29, 0.717) is 5.88 Å². The van der Waals surface area contributed by atoms with Crippen molar-refractivity contribution in [1.29, 1.82) is 0 Å². The summed E-state index contributed by atoms with van der Waals surface area (Å²) in [6.45, 7) is 0. The number of fused-ring (bicyclic) bond motifs is 2. The minimum Gasteiger partial charge on any atom is -0.497 e. The SMILES string of the molecule is COc1ccc2nc(CCCCCC3CCC4CC34)c(OC)nc2c1. The predicted octanol–water partition coefficient (Wildman–Crippen LogP) is 4.80. The number of unbranched alkanes of at least 4 members (excludes halogenated alkanes) is 2. The Hall–Kier alpha value is -1.84. The van der Waals surface area contributed by atoms with E-state index in [1.807, 2.05) is 18.2 Å². The van der Waals surface area contributed by atoms with E-state index < -0.39 is 0 Å². The number of benzene rings is 1. The molecule has 2 aromatic rings. The van der Waals surface area contributed by atoms with Gasteiger partial charge in [-0.15, -0.1) is 0 Å². The lowest BCUT2D eigenvalue weighted by Gasteiger charge is -2.11. The smallest absolute Gasteiger partial charge is 0.235 e. The molecular formula is C21H28N2O2. The Morgan fingerprint density at radius 2 is 1.92 bits per heavy atom. The standard InChI is InChI=1S/C21H28N2O2/c1-24-16-10-11-18-20(13-16)23-21(25-2)19(22-18)7-5-3-4-6-14-8-9-15-12-17(14)15/h10-11,13-15,17H,3-9,12H2,1-2H3. The van der Waals surface area contributed by atoms with Crippen LogP contribution in [0.2, 0.25) is 0 Å². The first-order valence-corrected chi connectivity index (χ1v) is 9.67. The summed E-state index contributed by atoms with van der Waals surface area (Å²) in [5.41, 5.74) is 2.70. The van der Waals surface area contributed by atoms with E-state index in [-0.39, 0.29) is 0 Å². The van der Waals surface area contributed by atoms with Gasteiger partial charge in [0.15, 0.2) is 0 Å². The maximum absolute atomic E-state index is 5.47. The molecule has 0 saturated heterocycles. The van der Waals surface area contributed by atoms with E-state index in [1.165, 1.54) is 38.5 Å². The highest BCUT2D eigenvalue weighted by Crippen LogP contribution is 2.56. The number of aromatic nitrogens is 2. The highest BCUT2D eigenvalue weighted by molar-refractivity contribution is 5.76. The van der Waals surface area contributed by atoms with E-state index >= 15 is 0 Å². The Bertz CT molecular complexity index is 746. The fourth-order valence-electron chi connectivity index (χ4n) is 4.56. The third kappa shape index (κ3) is 3.58. The first-order chi connectivity index (χ1) is 12.3. The normalized spacial score (nSPS) is 24.3. The molecule has 3 unspecified atom stereocenters. The Labute approximate surface area is 150 Å². The zero-order valence-electron chi connectivity index (χ0n) is 15.3. The highest BCUT2D eigenvalue weighted by atomic mass is 16.5. The summed E-state index contributed by atoms with van der Waals surface area (Å²) in [6, 6.07) is 5.80. The molecule has 4 heteroatoms. The minimum atomic E-state index is 0.650. The Kier molecular flexibility index (Phi) is 4.78. The summed E-state index contributed by atoms with van der Waals surface area (Å²) in [4.78, 5) is 9.39. The van der Waals surface area contributed by atoms with Crippen molar-refractivity contribution in [3.05, 3.63) is 23.9 Å². The van der Waals surface area contributed by atoms with Crippen LogP contribution in [-0.4, -0.2) is 24.2 Å². The van der Waals surface area contributed by atoms with Gasteiger partial charge in [0.05, 0.1) is 25.3 Å². The van der Waals surface area contributed by atoms with E-state index in [0.717, 1.165) is 53.1 Å². The molecule has 1 aromatic carbocycles. The average Bonchev–Trinajstić information content (AvgIpc) is 3.33. The molecule has 0 amide bonds. The summed E-state index contributed by atoms with van der Waals surface area (Å²) < 4.78 is 10.7. The van der Waals surface area contributed by atoms with Gasteiger partial charge >= 0.3 is 0 Å². The molecular weight excluding hydrogens is 312 g/mol. The summed E-state index contributed by atoms with van der Waals surface area (Å²) >= 11 is 0. The first kappa shape index (κ1) is 16.6. The summed E-state index contributed by atoms with van der Waals surface area (Å²) in [5.74, 6) is 4.69. The van der Waals surface area contributed by atoms with E-state index in [9.17, 15) is 0 Å². The van der Waals surface area contributed by atoms with Gasteiger partial charge in [0.2, 0.25) is 5.88 Å². The van der Waals surface area contributed by atoms with Crippen molar-refractivity contribution in [3.8, 4) is 11.6 Å². The third-order valence-corrected chi connectivity index (χ3v) is 6.08. The van der Waals surface area contributed by atoms with Gasteiger partial charge in [-0.3, -0.25) is 0 Å². The largest absolute Gasteiger partial charge is 0.497 e. The second-order valence-electron chi connectivity index (χ2n) is 7.63. The molecule has 2 aliphatic rings. The van der Waals surface area contributed by atoms with Crippen LogP contribution in [0.3, 0.4) is 0 Å². The molecule has 0 aliphatic heterocycles. The molecule has 0 N–H and O–H groups in total.